The largest absolute Gasteiger partial charge is 1.00 e. The van der Waals surface area contributed by atoms with E-state index in [-0.39, 0.29) is 36.3 Å². The lowest BCUT2D eigenvalue weighted by molar-refractivity contribution is -0.803. The first kappa shape index (κ1) is 16.1. The van der Waals surface area contributed by atoms with Crippen LogP contribution in [0.1, 0.15) is 0 Å². The Morgan fingerprint density at radius 1 is 1.22 bits per heavy atom. The van der Waals surface area contributed by atoms with Crippen LogP contribution in [0.15, 0.2) is 24.3 Å². The molecule has 1 aliphatic heterocycles. The molecule has 0 aromatic heterocycles. The highest BCUT2D eigenvalue weighted by Gasteiger charge is 2.60. The number of quaternary nitrogens is 1. The summed E-state index contributed by atoms with van der Waals surface area (Å²) in [6, 6.07) is 2.53. The van der Waals surface area contributed by atoms with Gasteiger partial charge in [0.25, 0.3) is 0 Å². The first-order valence-corrected chi connectivity index (χ1v) is 5.65. The third kappa shape index (κ3) is 2.52. The highest BCUT2D eigenvalue weighted by atomic mass is 127. The van der Waals surface area contributed by atoms with Crippen LogP contribution in [0.2, 0.25) is 0 Å². The number of halogens is 6. The normalized spacial score (nSPS) is 19.4. The minimum Gasteiger partial charge on any atom is -1.00 e. The highest BCUT2D eigenvalue weighted by Crippen LogP contribution is 2.46. The van der Waals surface area contributed by atoms with Crippen molar-refractivity contribution in [2.45, 2.75) is 10.6 Å². The van der Waals surface area contributed by atoms with Crippen LogP contribution in [0.5, 0.6) is 0 Å². The highest BCUT2D eigenvalue weighted by molar-refractivity contribution is 6.48. The summed E-state index contributed by atoms with van der Waals surface area (Å²) >= 11 is 9.83. The maximum Gasteiger partial charge on any atom is 0.392 e. The second kappa shape index (κ2) is 5.22. The lowest BCUT2D eigenvalue weighted by Gasteiger charge is -2.30. The van der Waals surface area contributed by atoms with E-state index in [1.165, 1.54) is 6.07 Å². The molecule has 2 nitrogen and oxygen atoms in total. The first-order valence-electron chi connectivity index (χ1n) is 4.89. The smallest absolute Gasteiger partial charge is 0.392 e. The third-order valence-electron chi connectivity index (χ3n) is 2.73. The van der Waals surface area contributed by atoms with Crippen LogP contribution in [0, 0.1) is 0 Å². The number of anilines is 1. The van der Waals surface area contributed by atoms with Crippen LogP contribution in [-0.4, -0.2) is 24.3 Å². The molecule has 1 N–H and O–H groups in total. The van der Waals surface area contributed by atoms with Gasteiger partial charge in [0.1, 0.15) is 5.69 Å². The molecule has 1 aromatic carbocycles. The van der Waals surface area contributed by atoms with Crippen LogP contribution < -0.4 is 33.8 Å². The Kier molecular flexibility index (Phi) is 4.68. The molecule has 0 bridgehead atoms. The Labute approximate surface area is 130 Å². The molecule has 0 saturated heterocycles. The number of benzene rings is 1. The Bertz CT molecular complexity index is 439. The van der Waals surface area contributed by atoms with Crippen molar-refractivity contribution in [1.82, 2.24) is 0 Å². The van der Waals surface area contributed by atoms with Crippen LogP contribution >= 0.6 is 23.2 Å². The van der Waals surface area contributed by atoms with Gasteiger partial charge in [0, 0.05) is 6.07 Å². The second-order valence-electron chi connectivity index (χ2n) is 3.92. The summed E-state index contributed by atoms with van der Waals surface area (Å²) < 4.78 is 37.1. The molecule has 102 valence electrons. The van der Waals surface area contributed by atoms with E-state index in [0.717, 1.165) is 4.90 Å². The van der Waals surface area contributed by atoms with Crippen molar-refractivity contribution in [3.05, 3.63) is 24.3 Å². The van der Waals surface area contributed by atoms with Gasteiger partial charge < -0.3 is 24.0 Å². The van der Waals surface area contributed by atoms with Crippen molar-refractivity contribution < 1.29 is 42.0 Å². The Hall–Kier alpha value is 0.0800. The zero-order valence-electron chi connectivity index (χ0n) is 9.23. The maximum absolute atomic E-state index is 13.8. The van der Waals surface area contributed by atoms with Crippen molar-refractivity contribution in [3.63, 3.8) is 0 Å². The molecule has 1 heterocycles. The molecular formula is C10H10Cl2F3IN2. The van der Waals surface area contributed by atoms with E-state index in [4.69, 9.17) is 23.2 Å². The van der Waals surface area contributed by atoms with Gasteiger partial charge in [-0.15, -0.1) is 0 Å². The number of hydrogen-bond acceptors (Lipinski definition) is 1. The minimum absolute atomic E-state index is 0. The number of fused-ring (bicyclic) bond motifs is 1. The Morgan fingerprint density at radius 2 is 1.78 bits per heavy atom. The third-order valence-corrected chi connectivity index (χ3v) is 3.18. The van der Waals surface area contributed by atoms with Gasteiger partial charge in [0.15, 0.2) is 12.4 Å². The molecule has 0 radical (unpaired) electrons. The predicted octanol–water partition coefficient (Wildman–Crippen LogP) is -0.692. The van der Waals surface area contributed by atoms with Crippen LogP contribution in [0.25, 0.3) is 0 Å². The fourth-order valence-electron chi connectivity index (χ4n) is 1.88. The average molecular weight is 413 g/mol. The van der Waals surface area contributed by atoms with Crippen molar-refractivity contribution >= 4 is 34.6 Å². The van der Waals surface area contributed by atoms with Crippen LogP contribution in [0.4, 0.5) is 24.5 Å². The van der Waals surface area contributed by atoms with E-state index in [1.807, 2.05) is 0 Å². The van der Waals surface area contributed by atoms with E-state index in [0.29, 0.717) is 10.6 Å². The molecule has 1 aromatic rings. The van der Waals surface area contributed by atoms with E-state index < -0.39 is 10.6 Å². The fraction of sp³-hybridized carbons (Fsp3) is 0.400. The second-order valence-corrected chi connectivity index (χ2v) is 5.16. The van der Waals surface area contributed by atoms with Gasteiger partial charge in [-0.1, -0.05) is 35.3 Å². The molecule has 0 aliphatic carbocycles. The summed E-state index contributed by atoms with van der Waals surface area (Å²) in [6.07, 6.45) is 0. The Balaban J connectivity index is 0.00000162. The summed E-state index contributed by atoms with van der Waals surface area (Å²) in [5.74, 6) is 0. The van der Waals surface area contributed by atoms with E-state index in [1.54, 1.807) is 25.2 Å². The fourth-order valence-corrected chi connectivity index (χ4v) is 2.09. The summed E-state index contributed by atoms with van der Waals surface area (Å²) in [6.45, 7) is -0.0997. The summed E-state index contributed by atoms with van der Waals surface area (Å²) in [5.41, 5.74) is 0.892. The van der Waals surface area contributed by atoms with E-state index >= 15 is 0 Å². The molecule has 1 unspecified atom stereocenters. The Morgan fingerprint density at radius 3 is 2.33 bits per heavy atom. The molecule has 0 spiro atoms. The van der Waals surface area contributed by atoms with Gasteiger partial charge in [0.05, 0.1) is 7.05 Å². The molecule has 0 saturated carbocycles. The standard InChI is InChI=1S/C10H9Cl2F3N2.HI/c1-16-6-17(10(14,15)9(11,12)13)8-5-3-2-4-7(8)16;/h2-5H,6H2,1H3;1H. The van der Waals surface area contributed by atoms with Gasteiger partial charge >= 0.3 is 10.6 Å². The zero-order chi connectivity index (χ0) is 12.8. The average Bonchev–Trinajstić information content (AvgIpc) is 2.56. The van der Waals surface area contributed by atoms with Gasteiger partial charge in [-0.05, 0) is 6.07 Å². The predicted molar refractivity (Wildman–Crippen MR) is 60.8 cm³/mol. The number of hydrogen-bond donors (Lipinski definition) is 1. The molecule has 1 atom stereocenters. The molecule has 0 fully saturated rings. The topological polar surface area (TPSA) is 7.68 Å². The number of nitrogens with one attached hydrogen (secondary N) is 1. The summed E-state index contributed by atoms with van der Waals surface area (Å²) in [7, 11) is 1.71. The van der Waals surface area contributed by atoms with E-state index in [9.17, 15) is 13.2 Å². The van der Waals surface area contributed by atoms with Crippen molar-refractivity contribution in [2.75, 3.05) is 18.6 Å². The van der Waals surface area contributed by atoms with Crippen molar-refractivity contribution in [1.29, 1.82) is 0 Å². The molecule has 18 heavy (non-hydrogen) atoms. The number of nitrogens with zero attached hydrogens (tertiary/aromatic N) is 1. The number of para-hydroxylation sites is 2. The minimum atomic E-state index is -3.98. The van der Waals surface area contributed by atoms with Gasteiger partial charge in [-0.25, -0.2) is 0 Å². The lowest BCUT2D eigenvalue weighted by atomic mass is 10.2. The lowest BCUT2D eigenvalue weighted by Crippen LogP contribution is -3.04. The molecule has 2 rings (SSSR count). The zero-order valence-corrected chi connectivity index (χ0v) is 12.9. The molecule has 8 heteroatoms. The maximum atomic E-state index is 13.8. The van der Waals surface area contributed by atoms with Crippen molar-refractivity contribution in [3.8, 4) is 0 Å². The van der Waals surface area contributed by atoms with Crippen LogP contribution in [-0.2, 0) is 0 Å². The van der Waals surface area contributed by atoms with E-state index in [2.05, 4.69) is 0 Å². The molecule has 0 amide bonds. The summed E-state index contributed by atoms with van der Waals surface area (Å²) in [4.78, 5) is 1.30. The monoisotopic (exact) mass is 412 g/mol. The van der Waals surface area contributed by atoms with Crippen LogP contribution in [0.3, 0.4) is 0 Å². The van der Waals surface area contributed by atoms with Gasteiger partial charge in [0.2, 0.25) is 0 Å². The van der Waals surface area contributed by atoms with Gasteiger partial charge in [-0.2, -0.15) is 13.2 Å². The number of rotatable bonds is 2. The first-order chi connectivity index (χ1) is 7.75. The van der Waals surface area contributed by atoms with Crippen molar-refractivity contribution in [2.24, 2.45) is 0 Å². The SMILES string of the molecule is C[NH+]1CN(C(F)(F)C(F)(Cl)Cl)c2ccccc21.[I-]. The molecule has 1 aliphatic rings. The number of alkyl halides is 5. The quantitative estimate of drug-likeness (QED) is 0.384. The summed E-state index contributed by atoms with van der Waals surface area (Å²) in [5, 5.41) is 0. The molecular weight excluding hydrogens is 403 g/mol. The van der Waals surface area contributed by atoms with Gasteiger partial charge in [-0.3, -0.25) is 9.80 Å².